The lowest BCUT2D eigenvalue weighted by Crippen LogP contribution is -2.53. The predicted molar refractivity (Wildman–Crippen MR) is 64.5 cm³/mol. The maximum Gasteiger partial charge on any atom is 0.407 e. The molecular formula is C12H20N2O3. The molecule has 0 aromatic heterocycles. The summed E-state index contributed by atoms with van der Waals surface area (Å²) in [7, 11) is 0. The average Bonchev–Trinajstić information content (AvgIpc) is 2.11. The van der Waals surface area contributed by atoms with E-state index in [2.05, 4.69) is 11.9 Å². The van der Waals surface area contributed by atoms with Crippen molar-refractivity contribution >= 4 is 12.0 Å². The number of rotatable bonds is 3. The van der Waals surface area contributed by atoms with Crippen LogP contribution < -0.4 is 5.32 Å². The Hall–Kier alpha value is -1.52. The van der Waals surface area contributed by atoms with Crippen molar-refractivity contribution in [3.8, 4) is 0 Å². The van der Waals surface area contributed by atoms with E-state index in [1.165, 1.54) is 6.08 Å². The van der Waals surface area contributed by atoms with E-state index in [1.54, 1.807) is 4.90 Å². The van der Waals surface area contributed by atoms with Gasteiger partial charge >= 0.3 is 6.09 Å². The Bertz CT molecular complexity index is 314. The van der Waals surface area contributed by atoms with E-state index in [1.807, 2.05) is 20.8 Å². The molecule has 5 heteroatoms. The first-order valence-electron chi connectivity index (χ1n) is 5.70. The number of nitrogens with zero attached hydrogens (tertiary/aromatic N) is 1. The van der Waals surface area contributed by atoms with Gasteiger partial charge in [-0.3, -0.25) is 4.79 Å². The van der Waals surface area contributed by atoms with Crippen molar-refractivity contribution in [1.82, 2.24) is 10.2 Å². The number of nitrogens with one attached hydrogen (secondary N) is 1. The van der Waals surface area contributed by atoms with Crippen LogP contribution in [0.5, 0.6) is 0 Å². The first kappa shape index (κ1) is 13.5. The van der Waals surface area contributed by atoms with Crippen LogP contribution in [0.2, 0.25) is 0 Å². The van der Waals surface area contributed by atoms with Gasteiger partial charge in [-0.05, 0) is 26.8 Å². The third kappa shape index (κ3) is 4.46. The monoisotopic (exact) mass is 240 g/mol. The Balaban J connectivity index is 2.16. The van der Waals surface area contributed by atoms with E-state index < -0.39 is 11.7 Å². The fraction of sp³-hybridized carbons (Fsp3) is 0.667. The summed E-state index contributed by atoms with van der Waals surface area (Å²) in [5.41, 5.74) is -0.478. The second kappa shape index (κ2) is 5.21. The van der Waals surface area contributed by atoms with Crippen LogP contribution in [0.15, 0.2) is 12.7 Å². The molecule has 1 saturated heterocycles. The molecule has 96 valence electrons. The zero-order chi connectivity index (χ0) is 13.1. The van der Waals surface area contributed by atoms with Gasteiger partial charge in [-0.25, -0.2) is 4.79 Å². The van der Waals surface area contributed by atoms with Crippen LogP contribution >= 0.6 is 0 Å². The minimum Gasteiger partial charge on any atom is -0.444 e. The SMILES string of the molecule is C=CC(=O)N1CC(CNC(=O)OC(C)(C)C)C1. The van der Waals surface area contributed by atoms with Gasteiger partial charge in [0.25, 0.3) is 0 Å². The largest absolute Gasteiger partial charge is 0.444 e. The summed E-state index contributed by atoms with van der Waals surface area (Å²) >= 11 is 0. The molecule has 1 aliphatic heterocycles. The number of amides is 2. The van der Waals surface area contributed by atoms with Crippen LogP contribution in [-0.2, 0) is 9.53 Å². The molecule has 1 heterocycles. The lowest BCUT2D eigenvalue weighted by atomic mass is 10.0. The van der Waals surface area contributed by atoms with Crippen molar-refractivity contribution in [3.63, 3.8) is 0 Å². The smallest absolute Gasteiger partial charge is 0.407 e. The van der Waals surface area contributed by atoms with Crippen molar-refractivity contribution in [2.24, 2.45) is 5.92 Å². The normalized spacial score (nSPS) is 16.1. The molecule has 1 fully saturated rings. The molecule has 0 radical (unpaired) electrons. The quantitative estimate of drug-likeness (QED) is 0.753. The lowest BCUT2D eigenvalue weighted by molar-refractivity contribution is -0.131. The molecule has 0 aromatic carbocycles. The highest BCUT2D eigenvalue weighted by Gasteiger charge is 2.29. The second-order valence-electron chi connectivity index (χ2n) is 5.20. The van der Waals surface area contributed by atoms with Crippen LogP contribution in [-0.4, -0.2) is 42.1 Å². The van der Waals surface area contributed by atoms with Gasteiger partial charge in [0.2, 0.25) is 5.91 Å². The average molecular weight is 240 g/mol. The maximum atomic E-state index is 11.3. The predicted octanol–water partition coefficient (Wildman–Crippen LogP) is 1.16. The summed E-state index contributed by atoms with van der Waals surface area (Å²) in [4.78, 5) is 24.2. The summed E-state index contributed by atoms with van der Waals surface area (Å²) in [5.74, 6) is 0.255. The molecule has 5 nitrogen and oxygen atoms in total. The van der Waals surface area contributed by atoms with Crippen LogP contribution in [0.3, 0.4) is 0 Å². The summed E-state index contributed by atoms with van der Waals surface area (Å²) in [6.45, 7) is 10.8. The van der Waals surface area contributed by atoms with E-state index in [-0.39, 0.29) is 5.91 Å². The fourth-order valence-corrected chi connectivity index (χ4v) is 1.55. The van der Waals surface area contributed by atoms with Crippen LogP contribution in [0.25, 0.3) is 0 Å². The molecule has 0 saturated carbocycles. The molecule has 0 unspecified atom stereocenters. The molecule has 17 heavy (non-hydrogen) atoms. The molecule has 1 rings (SSSR count). The van der Waals surface area contributed by atoms with Gasteiger partial charge < -0.3 is 15.0 Å². The molecule has 0 aliphatic carbocycles. The number of carbonyl (C=O) groups is 2. The van der Waals surface area contributed by atoms with E-state index in [9.17, 15) is 9.59 Å². The number of carbonyl (C=O) groups excluding carboxylic acids is 2. The van der Waals surface area contributed by atoms with Crippen molar-refractivity contribution in [1.29, 1.82) is 0 Å². The van der Waals surface area contributed by atoms with Crippen LogP contribution in [0, 0.1) is 5.92 Å². The first-order chi connectivity index (χ1) is 7.81. The Kier molecular flexibility index (Phi) is 4.15. The van der Waals surface area contributed by atoms with E-state index in [0.29, 0.717) is 25.6 Å². The van der Waals surface area contributed by atoms with Crippen LogP contribution in [0.4, 0.5) is 4.79 Å². The summed E-state index contributed by atoms with van der Waals surface area (Å²) in [6.07, 6.45) is 0.892. The zero-order valence-corrected chi connectivity index (χ0v) is 10.7. The molecule has 0 aromatic rings. The molecular weight excluding hydrogens is 220 g/mol. The van der Waals surface area contributed by atoms with Crippen molar-refractivity contribution in [2.45, 2.75) is 26.4 Å². The lowest BCUT2D eigenvalue weighted by Gasteiger charge is -2.38. The Morgan fingerprint density at radius 2 is 2.06 bits per heavy atom. The topological polar surface area (TPSA) is 58.6 Å². The van der Waals surface area contributed by atoms with Gasteiger partial charge in [0.05, 0.1) is 0 Å². The minimum absolute atomic E-state index is 0.0569. The number of hydrogen-bond donors (Lipinski definition) is 1. The molecule has 0 bridgehead atoms. The van der Waals surface area contributed by atoms with Crippen molar-refractivity contribution < 1.29 is 14.3 Å². The summed E-state index contributed by atoms with van der Waals surface area (Å²) < 4.78 is 5.11. The van der Waals surface area contributed by atoms with Gasteiger partial charge in [0.1, 0.15) is 5.60 Å². The highest BCUT2D eigenvalue weighted by atomic mass is 16.6. The highest BCUT2D eigenvalue weighted by Crippen LogP contribution is 2.15. The molecule has 1 aliphatic rings. The van der Waals surface area contributed by atoms with Gasteiger partial charge in [0, 0.05) is 25.6 Å². The van der Waals surface area contributed by atoms with Gasteiger partial charge in [0.15, 0.2) is 0 Å². The Labute approximate surface area is 102 Å². The van der Waals surface area contributed by atoms with Gasteiger partial charge in [-0.15, -0.1) is 0 Å². The van der Waals surface area contributed by atoms with Gasteiger partial charge in [-0.1, -0.05) is 6.58 Å². The Morgan fingerprint density at radius 3 is 2.53 bits per heavy atom. The third-order valence-corrected chi connectivity index (χ3v) is 2.38. The fourth-order valence-electron chi connectivity index (χ4n) is 1.55. The standard InChI is InChI=1S/C12H20N2O3/c1-5-10(15)14-7-9(8-14)6-13-11(16)17-12(2,3)4/h5,9H,1,6-8H2,2-4H3,(H,13,16). The van der Waals surface area contributed by atoms with E-state index in [4.69, 9.17) is 4.74 Å². The third-order valence-electron chi connectivity index (χ3n) is 2.38. The number of hydrogen-bond acceptors (Lipinski definition) is 3. The summed E-state index contributed by atoms with van der Waals surface area (Å²) in [5, 5.41) is 2.69. The zero-order valence-electron chi connectivity index (χ0n) is 10.7. The van der Waals surface area contributed by atoms with Gasteiger partial charge in [-0.2, -0.15) is 0 Å². The molecule has 2 amide bonds. The van der Waals surface area contributed by atoms with Crippen molar-refractivity contribution in [3.05, 3.63) is 12.7 Å². The minimum atomic E-state index is -0.478. The van der Waals surface area contributed by atoms with Crippen LogP contribution in [0.1, 0.15) is 20.8 Å². The first-order valence-corrected chi connectivity index (χ1v) is 5.70. The van der Waals surface area contributed by atoms with Crippen molar-refractivity contribution in [2.75, 3.05) is 19.6 Å². The number of likely N-dealkylation sites (tertiary alicyclic amines) is 1. The Morgan fingerprint density at radius 1 is 1.47 bits per heavy atom. The summed E-state index contributed by atoms with van der Waals surface area (Å²) in [6, 6.07) is 0. The molecule has 1 N–H and O–H groups in total. The number of ether oxygens (including phenoxy) is 1. The van der Waals surface area contributed by atoms with E-state index in [0.717, 1.165) is 0 Å². The maximum absolute atomic E-state index is 11.3. The number of alkyl carbamates (subject to hydrolysis) is 1. The second-order valence-corrected chi connectivity index (χ2v) is 5.20. The van der Waals surface area contributed by atoms with E-state index >= 15 is 0 Å². The molecule has 0 spiro atoms. The highest BCUT2D eigenvalue weighted by molar-refractivity contribution is 5.87. The molecule has 0 atom stereocenters.